The van der Waals surface area contributed by atoms with E-state index in [-0.39, 0.29) is 6.04 Å². The van der Waals surface area contributed by atoms with Crippen molar-refractivity contribution in [1.82, 2.24) is 5.32 Å². The number of hydrogen-bond acceptors (Lipinski definition) is 2. The number of nitrogens with one attached hydrogen (secondary N) is 1. The standard InChI is InChI=1S/C13H17F3N2/c14-11-5-8(6-12(15)13(11)16)7-18-10-3-1-9(17)2-4-10/h5-6,9-10,18H,1-4,7,17H2. The Morgan fingerprint density at radius 1 is 1.06 bits per heavy atom. The van der Waals surface area contributed by atoms with Gasteiger partial charge in [0.2, 0.25) is 0 Å². The van der Waals surface area contributed by atoms with Crippen LogP contribution in [0.25, 0.3) is 0 Å². The van der Waals surface area contributed by atoms with Crippen molar-refractivity contribution in [2.24, 2.45) is 5.73 Å². The summed E-state index contributed by atoms with van der Waals surface area (Å²) in [6, 6.07) is 2.64. The van der Waals surface area contributed by atoms with Crippen molar-refractivity contribution in [3.05, 3.63) is 35.1 Å². The van der Waals surface area contributed by atoms with Crippen LogP contribution in [0.5, 0.6) is 0 Å². The Morgan fingerprint density at radius 2 is 1.61 bits per heavy atom. The summed E-state index contributed by atoms with van der Waals surface area (Å²) in [5.74, 6) is -3.70. The van der Waals surface area contributed by atoms with E-state index >= 15 is 0 Å². The van der Waals surface area contributed by atoms with Crippen molar-refractivity contribution >= 4 is 0 Å². The molecule has 0 unspecified atom stereocenters. The van der Waals surface area contributed by atoms with Crippen LogP contribution in [0.3, 0.4) is 0 Å². The van der Waals surface area contributed by atoms with Crippen molar-refractivity contribution in [3.8, 4) is 0 Å². The van der Waals surface area contributed by atoms with Gasteiger partial charge >= 0.3 is 0 Å². The van der Waals surface area contributed by atoms with E-state index in [0.29, 0.717) is 18.2 Å². The summed E-state index contributed by atoms with van der Waals surface area (Å²) in [6.07, 6.45) is 3.86. The molecule has 0 bridgehead atoms. The lowest BCUT2D eigenvalue weighted by atomic mass is 9.92. The molecule has 100 valence electrons. The molecule has 18 heavy (non-hydrogen) atoms. The lowest BCUT2D eigenvalue weighted by Crippen LogP contribution is -2.37. The molecule has 0 saturated heterocycles. The van der Waals surface area contributed by atoms with Gasteiger partial charge in [-0.2, -0.15) is 0 Å². The highest BCUT2D eigenvalue weighted by Crippen LogP contribution is 2.18. The maximum Gasteiger partial charge on any atom is 0.194 e. The van der Waals surface area contributed by atoms with Gasteiger partial charge < -0.3 is 11.1 Å². The van der Waals surface area contributed by atoms with Crippen LogP contribution in [-0.4, -0.2) is 12.1 Å². The van der Waals surface area contributed by atoms with Gasteiger partial charge in [0.1, 0.15) is 0 Å². The molecule has 0 aliphatic heterocycles. The molecular formula is C13H17F3N2. The van der Waals surface area contributed by atoms with Gasteiger partial charge in [-0.25, -0.2) is 13.2 Å². The van der Waals surface area contributed by atoms with Gasteiger partial charge in [0.25, 0.3) is 0 Å². The molecule has 0 aromatic heterocycles. The first kappa shape index (κ1) is 13.4. The molecule has 0 heterocycles. The fourth-order valence-electron chi connectivity index (χ4n) is 2.30. The summed E-state index contributed by atoms with van der Waals surface area (Å²) in [4.78, 5) is 0. The van der Waals surface area contributed by atoms with Gasteiger partial charge in [0.15, 0.2) is 17.5 Å². The Kier molecular flexibility index (Phi) is 4.24. The molecule has 2 rings (SSSR count). The first-order chi connectivity index (χ1) is 8.56. The van der Waals surface area contributed by atoms with Crippen molar-refractivity contribution in [2.75, 3.05) is 0 Å². The molecule has 5 heteroatoms. The Morgan fingerprint density at radius 3 is 2.17 bits per heavy atom. The average molecular weight is 258 g/mol. The third-order valence-electron chi connectivity index (χ3n) is 3.41. The van der Waals surface area contributed by atoms with Crippen molar-refractivity contribution in [3.63, 3.8) is 0 Å². The molecular weight excluding hydrogens is 241 g/mol. The monoisotopic (exact) mass is 258 g/mol. The second-order valence-corrected chi connectivity index (χ2v) is 4.87. The molecule has 0 atom stereocenters. The van der Waals surface area contributed by atoms with Crippen LogP contribution < -0.4 is 11.1 Å². The zero-order chi connectivity index (χ0) is 13.1. The van der Waals surface area contributed by atoms with Gasteiger partial charge in [-0.3, -0.25) is 0 Å². The Bertz CT molecular complexity index is 392. The van der Waals surface area contributed by atoms with Crippen LogP contribution in [0.4, 0.5) is 13.2 Å². The SMILES string of the molecule is NC1CCC(NCc2cc(F)c(F)c(F)c2)CC1. The minimum Gasteiger partial charge on any atom is -0.328 e. The number of nitrogens with two attached hydrogens (primary N) is 1. The van der Waals surface area contributed by atoms with E-state index in [4.69, 9.17) is 5.73 Å². The van der Waals surface area contributed by atoms with Crippen LogP contribution in [0, 0.1) is 17.5 Å². The van der Waals surface area contributed by atoms with Gasteiger partial charge in [0.05, 0.1) is 0 Å². The molecule has 0 radical (unpaired) electrons. The third-order valence-corrected chi connectivity index (χ3v) is 3.41. The molecule has 1 aromatic rings. The molecule has 0 amide bonds. The van der Waals surface area contributed by atoms with E-state index < -0.39 is 17.5 Å². The van der Waals surface area contributed by atoms with Crippen molar-refractivity contribution < 1.29 is 13.2 Å². The second kappa shape index (κ2) is 5.71. The zero-order valence-electron chi connectivity index (χ0n) is 10.1. The Labute approximate surface area is 104 Å². The summed E-state index contributed by atoms with van der Waals surface area (Å²) in [7, 11) is 0. The summed E-state index contributed by atoms with van der Waals surface area (Å²) in [5, 5.41) is 3.22. The van der Waals surface area contributed by atoms with Crippen LogP contribution in [-0.2, 0) is 6.54 Å². The zero-order valence-corrected chi connectivity index (χ0v) is 10.1. The van der Waals surface area contributed by atoms with E-state index in [1.54, 1.807) is 0 Å². The smallest absolute Gasteiger partial charge is 0.194 e. The minimum atomic E-state index is -1.41. The summed E-state index contributed by atoms with van der Waals surface area (Å²) < 4.78 is 38.8. The van der Waals surface area contributed by atoms with E-state index in [2.05, 4.69) is 5.32 Å². The molecule has 1 fully saturated rings. The lowest BCUT2D eigenvalue weighted by molar-refractivity contribution is 0.341. The molecule has 2 nitrogen and oxygen atoms in total. The largest absolute Gasteiger partial charge is 0.328 e. The molecule has 1 aliphatic rings. The predicted octanol–water partition coefficient (Wildman–Crippen LogP) is 2.46. The maximum atomic E-state index is 13.0. The van der Waals surface area contributed by atoms with Crippen LogP contribution in [0.1, 0.15) is 31.2 Å². The second-order valence-electron chi connectivity index (χ2n) is 4.87. The average Bonchev–Trinajstić information content (AvgIpc) is 2.35. The number of rotatable bonds is 3. The van der Waals surface area contributed by atoms with E-state index in [1.165, 1.54) is 0 Å². The highest BCUT2D eigenvalue weighted by atomic mass is 19.2. The molecule has 3 N–H and O–H groups in total. The van der Waals surface area contributed by atoms with Gasteiger partial charge in [-0.15, -0.1) is 0 Å². The predicted molar refractivity (Wildman–Crippen MR) is 63.4 cm³/mol. The highest BCUT2D eigenvalue weighted by molar-refractivity contribution is 5.19. The van der Waals surface area contributed by atoms with Crippen molar-refractivity contribution in [1.29, 1.82) is 0 Å². The van der Waals surface area contributed by atoms with Crippen molar-refractivity contribution in [2.45, 2.75) is 44.3 Å². The van der Waals surface area contributed by atoms with Gasteiger partial charge in [-0.05, 0) is 43.4 Å². The van der Waals surface area contributed by atoms with E-state index in [1.807, 2.05) is 0 Å². The van der Waals surface area contributed by atoms with E-state index in [9.17, 15) is 13.2 Å². The summed E-state index contributed by atoms with van der Waals surface area (Å²) >= 11 is 0. The first-order valence-electron chi connectivity index (χ1n) is 6.18. The van der Waals surface area contributed by atoms with Crippen LogP contribution in [0.2, 0.25) is 0 Å². The minimum absolute atomic E-state index is 0.267. The fourth-order valence-corrected chi connectivity index (χ4v) is 2.30. The number of hydrogen-bond donors (Lipinski definition) is 2. The first-order valence-corrected chi connectivity index (χ1v) is 6.18. The molecule has 1 saturated carbocycles. The summed E-state index contributed by atoms with van der Waals surface area (Å²) in [5.41, 5.74) is 6.21. The normalized spacial score (nSPS) is 24.2. The molecule has 1 aliphatic carbocycles. The molecule has 1 aromatic carbocycles. The Balaban J connectivity index is 1.90. The van der Waals surface area contributed by atoms with Gasteiger partial charge in [-0.1, -0.05) is 0 Å². The van der Waals surface area contributed by atoms with Gasteiger partial charge in [0, 0.05) is 18.6 Å². The number of benzene rings is 1. The quantitative estimate of drug-likeness (QED) is 0.817. The highest BCUT2D eigenvalue weighted by Gasteiger charge is 2.18. The fraction of sp³-hybridized carbons (Fsp3) is 0.538. The van der Waals surface area contributed by atoms with Crippen LogP contribution in [0.15, 0.2) is 12.1 Å². The third kappa shape index (κ3) is 3.23. The van der Waals surface area contributed by atoms with E-state index in [0.717, 1.165) is 37.8 Å². The topological polar surface area (TPSA) is 38.0 Å². The molecule has 0 spiro atoms. The van der Waals surface area contributed by atoms with Crippen LogP contribution >= 0.6 is 0 Å². The maximum absolute atomic E-state index is 13.0. The summed E-state index contributed by atoms with van der Waals surface area (Å²) in [6.45, 7) is 0.341. The number of halogens is 3. The lowest BCUT2D eigenvalue weighted by Gasteiger charge is -2.27. The Hall–Kier alpha value is -1.07.